The molecule has 0 atom stereocenters. The third-order valence-corrected chi connectivity index (χ3v) is 6.63. The number of carboxylic acids is 1. The molecule has 0 unspecified atom stereocenters. The predicted octanol–water partition coefficient (Wildman–Crippen LogP) is 1.22. The lowest BCUT2D eigenvalue weighted by molar-refractivity contribution is -0.146. The standard InChI is InChI=1S/C18H24N2O6S/c1-3-19(12-17(22)23)18(24)15-8-10-20(11-9-15)27(25,26)16-6-4-14(5-7-16)13(2)21/h4-7,15H,3,8-12H2,1-2H3,(H,22,23). The lowest BCUT2D eigenvalue weighted by Crippen LogP contribution is -2.45. The molecule has 1 heterocycles. The highest BCUT2D eigenvalue weighted by Crippen LogP contribution is 2.25. The molecule has 148 valence electrons. The zero-order valence-corrected chi connectivity index (χ0v) is 16.2. The number of ketones is 1. The van der Waals surface area contributed by atoms with Crippen LogP contribution in [0.5, 0.6) is 0 Å². The monoisotopic (exact) mass is 396 g/mol. The number of rotatable bonds is 7. The molecule has 9 heteroatoms. The van der Waals surface area contributed by atoms with E-state index >= 15 is 0 Å². The molecule has 0 aliphatic carbocycles. The average Bonchev–Trinajstić information content (AvgIpc) is 2.65. The van der Waals surface area contributed by atoms with Crippen molar-refractivity contribution >= 4 is 27.7 Å². The van der Waals surface area contributed by atoms with Gasteiger partial charge in [0.1, 0.15) is 6.54 Å². The van der Waals surface area contributed by atoms with Crippen molar-refractivity contribution in [1.82, 2.24) is 9.21 Å². The van der Waals surface area contributed by atoms with Crippen LogP contribution in [-0.4, -0.2) is 66.6 Å². The van der Waals surface area contributed by atoms with Crippen molar-refractivity contribution in [3.05, 3.63) is 29.8 Å². The summed E-state index contributed by atoms with van der Waals surface area (Å²) in [6.07, 6.45) is 0.694. The third kappa shape index (κ3) is 4.92. The lowest BCUT2D eigenvalue weighted by Gasteiger charge is -2.33. The molecule has 1 saturated heterocycles. The molecule has 1 aromatic rings. The number of likely N-dealkylation sites (N-methyl/N-ethyl adjacent to an activating group) is 1. The number of benzene rings is 1. The fourth-order valence-electron chi connectivity index (χ4n) is 3.12. The Morgan fingerprint density at radius 2 is 1.70 bits per heavy atom. The molecular formula is C18H24N2O6S. The second kappa shape index (κ2) is 8.62. The van der Waals surface area contributed by atoms with Crippen LogP contribution in [0.1, 0.15) is 37.0 Å². The van der Waals surface area contributed by atoms with Gasteiger partial charge in [0.25, 0.3) is 0 Å². The van der Waals surface area contributed by atoms with Gasteiger partial charge in [-0.25, -0.2) is 8.42 Å². The number of Topliss-reactive ketones (excluding diaryl/α,β-unsaturated/α-hetero) is 1. The van der Waals surface area contributed by atoms with E-state index in [0.717, 1.165) is 0 Å². The third-order valence-electron chi connectivity index (χ3n) is 4.72. The Hall–Kier alpha value is -2.26. The molecule has 0 saturated carbocycles. The maximum Gasteiger partial charge on any atom is 0.323 e. The molecule has 1 aromatic carbocycles. The van der Waals surface area contributed by atoms with Gasteiger partial charge in [0, 0.05) is 31.1 Å². The number of hydrogen-bond donors (Lipinski definition) is 1. The summed E-state index contributed by atoms with van der Waals surface area (Å²) < 4.78 is 26.8. The van der Waals surface area contributed by atoms with Crippen LogP contribution in [-0.2, 0) is 19.6 Å². The second-order valence-corrected chi connectivity index (χ2v) is 8.44. The molecule has 1 fully saturated rings. The number of amides is 1. The van der Waals surface area contributed by atoms with Crippen LogP contribution < -0.4 is 0 Å². The Kier molecular flexibility index (Phi) is 6.72. The minimum atomic E-state index is -3.70. The largest absolute Gasteiger partial charge is 0.480 e. The van der Waals surface area contributed by atoms with Gasteiger partial charge >= 0.3 is 5.97 Å². The van der Waals surface area contributed by atoms with Crippen molar-refractivity contribution < 1.29 is 27.9 Å². The number of piperidine rings is 1. The van der Waals surface area contributed by atoms with Crippen LogP contribution >= 0.6 is 0 Å². The van der Waals surface area contributed by atoms with Crippen molar-refractivity contribution in [3.63, 3.8) is 0 Å². The van der Waals surface area contributed by atoms with Gasteiger partial charge in [0.2, 0.25) is 15.9 Å². The number of nitrogens with zero attached hydrogens (tertiary/aromatic N) is 2. The SMILES string of the molecule is CCN(CC(=O)O)C(=O)C1CCN(S(=O)(=O)c2ccc(C(C)=O)cc2)CC1. The molecule has 1 aliphatic heterocycles. The van der Waals surface area contributed by atoms with E-state index in [0.29, 0.717) is 24.9 Å². The minimum Gasteiger partial charge on any atom is -0.480 e. The second-order valence-electron chi connectivity index (χ2n) is 6.51. The van der Waals surface area contributed by atoms with Gasteiger partial charge in [-0.15, -0.1) is 0 Å². The van der Waals surface area contributed by atoms with Crippen molar-refractivity contribution in [3.8, 4) is 0 Å². The first kappa shape index (κ1) is 21.0. The number of carbonyl (C=O) groups excluding carboxylic acids is 2. The highest BCUT2D eigenvalue weighted by Gasteiger charge is 2.33. The molecule has 2 rings (SSSR count). The molecule has 1 N–H and O–H groups in total. The van der Waals surface area contributed by atoms with Crippen LogP contribution in [0, 0.1) is 5.92 Å². The highest BCUT2D eigenvalue weighted by atomic mass is 32.2. The Morgan fingerprint density at radius 1 is 1.15 bits per heavy atom. The van der Waals surface area contributed by atoms with Crippen molar-refractivity contribution in [2.45, 2.75) is 31.6 Å². The number of hydrogen-bond acceptors (Lipinski definition) is 5. The van der Waals surface area contributed by atoms with Crippen molar-refractivity contribution in [1.29, 1.82) is 0 Å². The van der Waals surface area contributed by atoms with E-state index in [1.54, 1.807) is 6.92 Å². The van der Waals surface area contributed by atoms with Gasteiger partial charge < -0.3 is 10.0 Å². The average molecular weight is 396 g/mol. The number of aliphatic carboxylic acids is 1. The molecule has 0 spiro atoms. The first-order chi connectivity index (χ1) is 12.7. The summed E-state index contributed by atoms with van der Waals surface area (Å²) in [6.45, 7) is 3.46. The van der Waals surface area contributed by atoms with Gasteiger partial charge in [-0.1, -0.05) is 12.1 Å². The van der Waals surface area contributed by atoms with E-state index in [1.165, 1.54) is 40.4 Å². The normalized spacial score (nSPS) is 16.1. The van der Waals surface area contributed by atoms with E-state index in [9.17, 15) is 22.8 Å². The highest BCUT2D eigenvalue weighted by molar-refractivity contribution is 7.89. The summed E-state index contributed by atoms with van der Waals surface area (Å²) in [7, 11) is -3.70. The minimum absolute atomic E-state index is 0.110. The molecule has 8 nitrogen and oxygen atoms in total. The first-order valence-corrected chi connectivity index (χ1v) is 10.2. The summed E-state index contributed by atoms with van der Waals surface area (Å²) in [4.78, 5) is 36.0. The van der Waals surface area contributed by atoms with Gasteiger partial charge in [-0.2, -0.15) is 4.31 Å². The van der Waals surface area contributed by atoms with Crippen LogP contribution in [0.15, 0.2) is 29.2 Å². The molecular weight excluding hydrogens is 372 g/mol. The molecule has 0 radical (unpaired) electrons. The van der Waals surface area contributed by atoms with Crippen molar-refractivity contribution in [2.24, 2.45) is 5.92 Å². The Morgan fingerprint density at radius 3 is 2.15 bits per heavy atom. The van der Waals surface area contributed by atoms with E-state index < -0.39 is 16.0 Å². The van der Waals surface area contributed by atoms with Gasteiger partial charge in [0.15, 0.2) is 5.78 Å². The summed E-state index contributed by atoms with van der Waals surface area (Å²) in [5.41, 5.74) is 0.441. The summed E-state index contributed by atoms with van der Waals surface area (Å²) in [6, 6.07) is 5.79. The quantitative estimate of drug-likeness (QED) is 0.694. The molecule has 0 aromatic heterocycles. The maximum absolute atomic E-state index is 12.7. The number of sulfonamides is 1. The van der Waals surface area contributed by atoms with Gasteiger partial charge in [0.05, 0.1) is 4.90 Å². The smallest absolute Gasteiger partial charge is 0.323 e. The van der Waals surface area contributed by atoms with Crippen LogP contribution in [0.25, 0.3) is 0 Å². The Labute approximate surface area is 158 Å². The van der Waals surface area contributed by atoms with Crippen LogP contribution in [0.4, 0.5) is 0 Å². The molecule has 27 heavy (non-hydrogen) atoms. The van der Waals surface area contributed by atoms with E-state index in [4.69, 9.17) is 5.11 Å². The first-order valence-electron chi connectivity index (χ1n) is 8.78. The summed E-state index contributed by atoms with van der Waals surface area (Å²) >= 11 is 0. The topological polar surface area (TPSA) is 112 Å². The summed E-state index contributed by atoms with van der Waals surface area (Å²) in [5.74, 6) is -1.84. The summed E-state index contributed by atoms with van der Waals surface area (Å²) in [5, 5.41) is 8.89. The van der Waals surface area contributed by atoms with Gasteiger partial charge in [-0.3, -0.25) is 14.4 Å². The zero-order valence-electron chi connectivity index (χ0n) is 15.4. The van der Waals surface area contributed by atoms with Gasteiger partial charge in [-0.05, 0) is 38.8 Å². The van der Waals surface area contributed by atoms with Crippen LogP contribution in [0.2, 0.25) is 0 Å². The fraction of sp³-hybridized carbons (Fsp3) is 0.500. The van der Waals surface area contributed by atoms with Crippen LogP contribution in [0.3, 0.4) is 0 Å². The number of carboxylic acid groups (broad SMARTS) is 1. The molecule has 1 aliphatic rings. The van der Waals surface area contributed by atoms with E-state index in [-0.39, 0.29) is 42.1 Å². The van der Waals surface area contributed by atoms with Crippen molar-refractivity contribution in [2.75, 3.05) is 26.2 Å². The van der Waals surface area contributed by atoms with E-state index in [2.05, 4.69) is 0 Å². The number of carbonyl (C=O) groups is 3. The fourth-order valence-corrected chi connectivity index (χ4v) is 4.59. The Balaban J connectivity index is 2.04. The maximum atomic E-state index is 12.7. The Bertz CT molecular complexity index is 811. The molecule has 0 bridgehead atoms. The predicted molar refractivity (Wildman–Crippen MR) is 97.8 cm³/mol. The lowest BCUT2D eigenvalue weighted by atomic mass is 9.96. The molecule has 1 amide bonds. The zero-order chi connectivity index (χ0) is 20.2. The van der Waals surface area contributed by atoms with E-state index in [1.807, 2.05) is 0 Å².